The summed E-state index contributed by atoms with van der Waals surface area (Å²) in [5, 5.41) is 0. The third-order valence-corrected chi connectivity index (χ3v) is 3.61. The quantitative estimate of drug-likeness (QED) is 0.679. The minimum atomic E-state index is -3.02. The van der Waals surface area contributed by atoms with Crippen LogP contribution in [0.25, 0.3) is 0 Å². The van der Waals surface area contributed by atoms with Gasteiger partial charge in [-0.15, -0.1) is 0 Å². The number of carbonyl (C=O) groups excluding carboxylic acids is 1. The Morgan fingerprint density at radius 1 is 1.36 bits per heavy atom. The highest BCUT2D eigenvalue weighted by Gasteiger charge is 2.13. The van der Waals surface area contributed by atoms with Crippen molar-refractivity contribution in [1.82, 2.24) is 0 Å². The van der Waals surface area contributed by atoms with E-state index in [2.05, 4.69) is 0 Å². The predicted molar refractivity (Wildman–Crippen MR) is 56.8 cm³/mol. The van der Waals surface area contributed by atoms with Crippen molar-refractivity contribution in [3.63, 3.8) is 0 Å². The molecule has 1 atom stereocenters. The second kappa shape index (κ2) is 6.14. The number of nitrogens with two attached hydrogens (primary N) is 1. The van der Waals surface area contributed by atoms with Crippen molar-refractivity contribution in [2.45, 2.75) is 39.2 Å². The van der Waals surface area contributed by atoms with E-state index < -0.39 is 9.84 Å². The zero-order valence-corrected chi connectivity index (χ0v) is 9.64. The lowest BCUT2D eigenvalue weighted by Crippen LogP contribution is -2.21. The van der Waals surface area contributed by atoms with E-state index in [4.69, 9.17) is 5.73 Å². The number of sulfone groups is 1. The third-order valence-electron chi connectivity index (χ3n) is 1.76. The molecular weight excluding hydrogens is 202 g/mol. The van der Waals surface area contributed by atoms with Crippen LogP contribution in [-0.2, 0) is 14.6 Å². The summed E-state index contributed by atoms with van der Waals surface area (Å²) >= 11 is 0. The molecule has 4 nitrogen and oxygen atoms in total. The molecule has 0 saturated carbocycles. The van der Waals surface area contributed by atoms with E-state index in [9.17, 15) is 13.2 Å². The second-order valence-corrected chi connectivity index (χ2v) is 5.93. The number of ketones is 1. The van der Waals surface area contributed by atoms with Gasteiger partial charge >= 0.3 is 0 Å². The molecule has 0 aliphatic heterocycles. The van der Waals surface area contributed by atoms with E-state index in [-0.39, 0.29) is 36.2 Å². The lowest BCUT2D eigenvalue weighted by atomic mass is 10.1. The van der Waals surface area contributed by atoms with Crippen LogP contribution in [0.15, 0.2) is 0 Å². The molecule has 0 amide bonds. The van der Waals surface area contributed by atoms with Crippen LogP contribution >= 0.6 is 0 Å². The molecule has 0 fully saturated rings. The van der Waals surface area contributed by atoms with Crippen molar-refractivity contribution >= 4 is 15.6 Å². The summed E-state index contributed by atoms with van der Waals surface area (Å²) in [5.41, 5.74) is 5.42. The molecule has 84 valence electrons. The molecule has 0 aliphatic rings. The zero-order chi connectivity index (χ0) is 11.2. The van der Waals surface area contributed by atoms with Crippen molar-refractivity contribution in [1.29, 1.82) is 0 Å². The highest BCUT2D eigenvalue weighted by Crippen LogP contribution is 2.00. The van der Waals surface area contributed by atoms with E-state index in [1.165, 1.54) is 0 Å². The van der Waals surface area contributed by atoms with Crippen molar-refractivity contribution in [3.05, 3.63) is 0 Å². The lowest BCUT2D eigenvalue weighted by Gasteiger charge is -2.04. The molecule has 0 saturated heterocycles. The molecule has 5 heteroatoms. The first-order valence-electron chi connectivity index (χ1n) is 4.85. The van der Waals surface area contributed by atoms with E-state index in [0.29, 0.717) is 6.42 Å². The molecule has 0 heterocycles. The third kappa shape index (κ3) is 7.03. The largest absolute Gasteiger partial charge is 0.328 e. The average Bonchev–Trinajstić information content (AvgIpc) is 2.00. The smallest absolute Gasteiger partial charge is 0.150 e. The summed E-state index contributed by atoms with van der Waals surface area (Å²) in [6.45, 7) is 3.54. The van der Waals surface area contributed by atoms with Crippen LogP contribution in [0.4, 0.5) is 0 Å². The topological polar surface area (TPSA) is 77.2 Å². The van der Waals surface area contributed by atoms with E-state index in [0.717, 1.165) is 0 Å². The van der Waals surface area contributed by atoms with Gasteiger partial charge in [0.15, 0.2) is 9.84 Å². The normalized spacial score (nSPS) is 13.9. The van der Waals surface area contributed by atoms with E-state index in [1.807, 2.05) is 0 Å². The van der Waals surface area contributed by atoms with Gasteiger partial charge in [0.2, 0.25) is 0 Å². The monoisotopic (exact) mass is 221 g/mol. The number of carbonyl (C=O) groups is 1. The van der Waals surface area contributed by atoms with Gasteiger partial charge in [-0.1, -0.05) is 6.92 Å². The van der Waals surface area contributed by atoms with Crippen LogP contribution in [0, 0.1) is 0 Å². The Kier molecular flexibility index (Phi) is 5.95. The number of hydrogen-bond donors (Lipinski definition) is 1. The summed E-state index contributed by atoms with van der Waals surface area (Å²) in [4.78, 5) is 11.2. The van der Waals surface area contributed by atoms with Crippen LogP contribution < -0.4 is 5.73 Å². The minimum Gasteiger partial charge on any atom is -0.328 e. The van der Waals surface area contributed by atoms with Crippen molar-refractivity contribution in [2.24, 2.45) is 5.73 Å². The van der Waals surface area contributed by atoms with Gasteiger partial charge in [-0.05, 0) is 13.3 Å². The van der Waals surface area contributed by atoms with Crippen LogP contribution in [0.2, 0.25) is 0 Å². The maximum atomic E-state index is 11.2. The molecule has 0 aromatic carbocycles. The Bertz CT molecular complexity index is 270. The fourth-order valence-corrected chi connectivity index (χ4v) is 2.51. The van der Waals surface area contributed by atoms with Crippen LogP contribution in [0.5, 0.6) is 0 Å². The van der Waals surface area contributed by atoms with Gasteiger partial charge in [-0.2, -0.15) is 0 Å². The Morgan fingerprint density at radius 3 is 2.36 bits per heavy atom. The molecule has 0 bridgehead atoms. The van der Waals surface area contributed by atoms with Crippen LogP contribution in [-0.4, -0.2) is 31.7 Å². The van der Waals surface area contributed by atoms with Crippen molar-refractivity contribution in [2.75, 3.05) is 11.5 Å². The first kappa shape index (κ1) is 13.6. The molecule has 0 aromatic rings. The van der Waals surface area contributed by atoms with Crippen molar-refractivity contribution in [3.8, 4) is 0 Å². The molecule has 1 unspecified atom stereocenters. The van der Waals surface area contributed by atoms with Gasteiger partial charge < -0.3 is 5.73 Å². The molecule has 14 heavy (non-hydrogen) atoms. The fourth-order valence-electron chi connectivity index (χ4n) is 1.14. The highest BCUT2D eigenvalue weighted by molar-refractivity contribution is 7.91. The standard InChI is InChI=1S/C9H19NO3S/c1-3-5-14(12,13)6-4-9(11)7-8(2)10/h8H,3-7,10H2,1-2H3. The van der Waals surface area contributed by atoms with Gasteiger partial charge in [-0.3, -0.25) is 4.79 Å². The van der Waals surface area contributed by atoms with Crippen LogP contribution in [0.3, 0.4) is 0 Å². The fraction of sp³-hybridized carbons (Fsp3) is 0.889. The summed E-state index contributed by atoms with van der Waals surface area (Å²) in [6, 6.07) is -0.184. The molecule has 0 rings (SSSR count). The van der Waals surface area contributed by atoms with Gasteiger partial charge in [-0.25, -0.2) is 8.42 Å². The summed E-state index contributed by atoms with van der Waals surface area (Å²) in [6.07, 6.45) is 0.968. The number of Topliss-reactive ketones (excluding diaryl/α,β-unsaturated/α-hetero) is 1. The highest BCUT2D eigenvalue weighted by atomic mass is 32.2. The van der Waals surface area contributed by atoms with Gasteiger partial charge in [0.05, 0.1) is 5.75 Å². The van der Waals surface area contributed by atoms with Gasteiger partial charge in [0.25, 0.3) is 0 Å². The van der Waals surface area contributed by atoms with Gasteiger partial charge in [0.1, 0.15) is 5.78 Å². The molecule has 0 aliphatic carbocycles. The van der Waals surface area contributed by atoms with Crippen LogP contribution in [0.1, 0.15) is 33.1 Å². The molecule has 0 aromatic heterocycles. The molecule has 0 radical (unpaired) electrons. The minimum absolute atomic E-state index is 0.0353. The Labute approximate surface area is 85.8 Å². The van der Waals surface area contributed by atoms with Crippen molar-refractivity contribution < 1.29 is 13.2 Å². The Morgan fingerprint density at radius 2 is 1.93 bits per heavy atom. The van der Waals surface area contributed by atoms with E-state index in [1.54, 1.807) is 13.8 Å². The first-order chi connectivity index (χ1) is 6.37. The Balaban J connectivity index is 3.88. The van der Waals surface area contributed by atoms with Gasteiger partial charge in [0, 0.05) is 24.6 Å². The zero-order valence-electron chi connectivity index (χ0n) is 8.82. The number of rotatable bonds is 7. The molecule has 2 N–H and O–H groups in total. The summed E-state index contributed by atoms with van der Waals surface area (Å²) < 4.78 is 22.5. The SMILES string of the molecule is CCCS(=O)(=O)CCC(=O)CC(C)N. The summed E-state index contributed by atoms with van der Waals surface area (Å²) in [5.74, 6) is 0.0601. The molecule has 0 spiro atoms. The number of hydrogen-bond acceptors (Lipinski definition) is 4. The molecular formula is C9H19NO3S. The summed E-state index contributed by atoms with van der Waals surface area (Å²) in [7, 11) is -3.02. The predicted octanol–water partition coefficient (Wildman–Crippen LogP) is 0.508. The first-order valence-corrected chi connectivity index (χ1v) is 6.67. The lowest BCUT2D eigenvalue weighted by molar-refractivity contribution is -0.118. The Hall–Kier alpha value is -0.420. The maximum absolute atomic E-state index is 11.2. The average molecular weight is 221 g/mol. The maximum Gasteiger partial charge on any atom is 0.150 e. The van der Waals surface area contributed by atoms with E-state index >= 15 is 0 Å². The second-order valence-electron chi connectivity index (χ2n) is 3.62.